The molecule has 7 heteroatoms. The Kier molecular flexibility index (Phi) is 5.93. The summed E-state index contributed by atoms with van der Waals surface area (Å²) in [5, 5.41) is 4.24. The van der Waals surface area contributed by atoms with Crippen molar-refractivity contribution in [1.82, 2.24) is 19.7 Å². The second-order valence-electron chi connectivity index (χ2n) is 7.97. The van der Waals surface area contributed by atoms with Gasteiger partial charge in [0.1, 0.15) is 24.0 Å². The molecule has 2 heterocycles. The van der Waals surface area contributed by atoms with E-state index >= 15 is 0 Å². The third-order valence-electron chi connectivity index (χ3n) is 5.73. The topological polar surface area (TPSA) is 68.1 Å². The Morgan fingerprint density at radius 1 is 1.13 bits per heavy atom. The molecule has 1 saturated heterocycles. The lowest BCUT2D eigenvalue weighted by Gasteiger charge is -2.32. The Bertz CT molecular complexity index is 1110. The van der Waals surface area contributed by atoms with Crippen LogP contribution in [0.3, 0.4) is 0 Å². The summed E-state index contributed by atoms with van der Waals surface area (Å²) in [7, 11) is 0. The minimum Gasteiger partial charge on any atom is -0.340 e. The van der Waals surface area contributed by atoms with Crippen molar-refractivity contribution >= 4 is 11.7 Å². The van der Waals surface area contributed by atoms with Gasteiger partial charge in [-0.2, -0.15) is 5.10 Å². The van der Waals surface area contributed by atoms with Crippen molar-refractivity contribution in [2.45, 2.75) is 33.2 Å². The summed E-state index contributed by atoms with van der Waals surface area (Å²) in [5.74, 6) is 0.346. The third kappa shape index (κ3) is 4.55. The smallest absolute Gasteiger partial charge is 0.244 e. The van der Waals surface area contributed by atoms with E-state index in [1.165, 1.54) is 6.07 Å². The number of hydrogen-bond donors (Lipinski definition) is 0. The molecule has 1 amide bonds. The molecule has 2 aromatic carbocycles. The minimum atomic E-state index is -0.419. The standard InChI is InChI=1S/C24H25FN4O2/c1-16-26-17(2)29(27-16)15-23(30)28-12-6-9-20(14-28)24(31)19-10-11-21(22(25)13-19)18-7-4-3-5-8-18/h3-5,7-8,10-11,13,20H,6,9,12,14-15H2,1-2H3. The summed E-state index contributed by atoms with van der Waals surface area (Å²) in [6.45, 7) is 4.65. The fourth-order valence-electron chi connectivity index (χ4n) is 4.11. The molecule has 3 aromatic rings. The molecule has 0 saturated carbocycles. The lowest BCUT2D eigenvalue weighted by molar-refractivity contribution is -0.133. The number of Topliss-reactive ketones (excluding diaryl/α,β-unsaturated/α-hetero) is 1. The fourth-order valence-corrected chi connectivity index (χ4v) is 4.11. The number of rotatable bonds is 5. The van der Waals surface area contributed by atoms with Crippen molar-refractivity contribution in [3.63, 3.8) is 0 Å². The van der Waals surface area contributed by atoms with Crippen molar-refractivity contribution in [1.29, 1.82) is 0 Å². The van der Waals surface area contributed by atoms with E-state index in [0.717, 1.165) is 12.0 Å². The summed E-state index contributed by atoms with van der Waals surface area (Å²) >= 11 is 0. The van der Waals surface area contributed by atoms with Crippen molar-refractivity contribution in [3.8, 4) is 11.1 Å². The van der Waals surface area contributed by atoms with Crippen molar-refractivity contribution in [3.05, 3.63) is 71.6 Å². The third-order valence-corrected chi connectivity index (χ3v) is 5.73. The van der Waals surface area contributed by atoms with Gasteiger partial charge in [0.25, 0.3) is 0 Å². The summed E-state index contributed by atoms with van der Waals surface area (Å²) in [5.41, 5.74) is 1.59. The van der Waals surface area contributed by atoms with Gasteiger partial charge in [-0.15, -0.1) is 0 Å². The molecule has 1 fully saturated rings. The van der Waals surface area contributed by atoms with Crippen LogP contribution >= 0.6 is 0 Å². The average molecular weight is 420 g/mol. The SMILES string of the molecule is Cc1nc(C)n(CC(=O)N2CCCC(C(=O)c3ccc(-c4ccccc4)c(F)c3)C2)n1. The van der Waals surface area contributed by atoms with Crippen LogP contribution < -0.4 is 0 Å². The molecule has 0 radical (unpaired) electrons. The number of halogens is 1. The predicted octanol–water partition coefficient (Wildman–Crippen LogP) is 3.82. The maximum absolute atomic E-state index is 14.7. The largest absolute Gasteiger partial charge is 0.340 e. The molecule has 160 valence electrons. The van der Waals surface area contributed by atoms with Crippen LogP contribution in [0, 0.1) is 25.6 Å². The molecule has 1 atom stereocenters. The first-order chi connectivity index (χ1) is 14.9. The van der Waals surface area contributed by atoms with Gasteiger partial charge in [0.05, 0.1) is 0 Å². The predicted molar refractivity (Wildman–Crippen MR) is 115 cm³/mol. The van der Waals surface area contributed by atoms with E-state index < -0.39 is 5.82 Å². The first kappa shape index (κ1) is 20.9. The molecule has 1 aliphatic rings. The molecule has 0 N–H and O–H groups in total. The first-order valence-corrected chi connectivity index (χ1v) is 10.5. The Labute approximate surface area is 180 Å². The Balaban J connectivity index is 1.45. The summed E-state index contributed by atoms with van der Waals surface area (Å²) < 4.78 is 16.3. The van der Waals surface area contributed by atoms with Crippen molar-refractivity contribution in [2.75, 3.05) is 13.1 Å². The monoisotopic (exact) mass is 420 g/mol. The maximum Gasteiger partial charge on any atom is 0.244 e. The first-order valence-electron chi connectivity index (χ1n) is 10.5. The second kappa shape index (κ2) is 8.79. The molecule has 1 unspecified atom stereocenters. The van der Waals surface area contributed by atoms with Gasteiger partial charge in [-0.05, 0) is 38.3 Å². The normalized spacial score (nSPS) is 16.4. The quantitative estimate of drug-likeness (QED) is 0.589. The van der Waals surface area contributed by atoms with E-state index in [1.54, 1.807) is 28.6 Å². The van der Waals surface area contributed by atoms with E-state index in [1.807, 2.05) is 37.3 Å². The molecule has 6 nitrogen and oxygen atoms in total. The van der Waals surface area contributed by atoms with Crippen LogP contribution in [0.5, 0.6) is 0 Å². The van der Waals surface area contributed by atoms with Crippen LogP contribution in [0.2, 0.25) is 0 Å². The number of aromatic nitrogens is 3. The number of carbonyl (C=O) groups excluding carboxylic acids is 2. The Hall–Kier alpha value is -3.35. The van der Waals surface area contributed by atoms with Gasteiger partial charge < -0.3 is 4.90 Å². The molecule has 0 aliphatic carbocycles. The number of likely N-dealkylation sites (tertiary alicyclic amines) is 1. The lowest BCUT2D eigenvalue weighted by atomic mass is 9.89. The minimum absolute atomic E-state index is 0.0869. The van der Waals surface area contributed by atoms with Gasteiger partial charge in [-0.3, -0.25) is 9.59 Å². The number of amides is 1. The zero-order valence-corrected chi connectivity index (χ0v) is 17.7. The van der Waals surface area contributed by atoms with E-state index in [-0.39, 0.29) is 24.2 Å². The second-order valence-corrected chi connectivity index (χ2v) is 7.97. The molecular formula is C24H25FN4O2. The number of ketones is 1. The van der Waals surface area contributed by atoms with E-state index in [4.69, 9.17) is 0 Å². The number of nitrogens with zero attached hydrogens (tertiary/aromatic N) is 4. The molecule has 0 bridgehead atoms. The van der Waals surface area contributed by atoms with Crippen LogP contribution in [0.15, 0.2) is 48.5 Å². The van der Waals surface area contributed by atoms with Gasteiger partial charge in [-0.1, -0.05) is 42.5 Å². The number of hydrogen-bond acceptors (Lipinski definition) is 4. The van der Waals surface area contributed by atoms with Crippen LogP contribution in [0.1, 0.15) is 34.8 Å². The molecule has 1 aliphatic heterocycles. The van der Waals surface area contributed by atoms with Gasteiger partial charge in [0.2, 0.25) is 5.91 Å². The summed E-state index contributed by atoms with van der Waals surface area (Å²) in [4.78, 5) is 31.7. The molecule has 1 aromatic heterocycles. The zero-order valence-electron chi connectivity index (χ0n) is 17.7. The van der Waals surface area contributed by atoms with Crippen molar-refractivity contribution in [2.24, 2.45) is 5.92 Å². The highest BCUT2D eigenvalue weighted by Crippen LogP contribution is 2.26. The molecule has 0 spiro atoms. The fraction of sp³-hybridized carbons (Fsp3) is 0.333. The van der Waals surface area contributed by atoms with Crippen LogP contribution in [-0.2, 0) is 11.3 Å². The average Bonchev–Trinajstić information content (AvgIpc) is 3.10. The Morgan fingerprint density at radius 3 is 2.58 bits per heavy atom. The zero-order chi connectivity index (χ0) is 22.0. The highest BCUT2D eigenvalue weighted by atomic mass is 19.1. The summed E-state index contributed by atoms with van der Waals surface area (Å²) in [6.07, 6.45) is 1.42. The van der Waals surface area contributed by atoms with E-state index in [2.05, 4.69) is 10.1 Å². The van der Waals surface area contributed by atoms with Crippen molar-refractivity contribution < 1.29 is 14.0 Å². The van der Waals surface area contributed by atoms with Gasteiger partial charge in [0.15, 0.2) is 5.78 Å². The van der Waals surface area contributed by atoms with Gasteiger partial charge in [0, 0.05) is 30.1 Å². The number of carbonyl (C=O) groups is 2. The van der Waals surface area contributed by atoms with Crippen LogP contribution in [0.4, 0.5) is 4.39 Å². The molecule has 4 rings (SSSR count). The van der Waals surface area contributed by atoms with Gasteiger partial charge in [-0.25, -0.2) is 14.1 Å². The maximum atomic E-state index is 14.7. The van der Waals surface area contributed by atoms with Crippen LogP contribution in [0.25, 0.3) is 11.1 Å². The number of piperidine rings is 1. The highest BCUT2D eigenvalue weighted by molar-refractivity contribution is 5.98. The van der Waals surface area contributed by atoms with E-state index in [0.29, 0.717) is 42.3 Å². The Morgan fingerprint density at radius 2 is 1.90 bits per heavy atom. The number of benzene rings is 2. The van der Waals surface area contributed by atoms with Crippen LogP contribution in [-0.4, -0.2) is 44.4 Å². The lowest BCUT2D eigenvalue weighted by Crippen LogP contribution is -2.43. The summed E-state index contributed by atoms with van der Waals surface area (Å²) in [6, 6.07) is 13.9. The molecular weight excluding hydrogens is 395 g/mol. The van der Waals surface area contributed by atoms with Gasteiger partial charge >= 0.3 is 0 Å². The van der Waals surface area contributed by atoms with E-state index in [9.17, 15) is 14.0 Å². The molecule has 31 heavy (non-hydrogen) atoms. The highest BCUT2D eigenvalue weighted by Gasteiger charge is 2.29. The number of aryl methyl sites for hydroxylation is 2.